The van der Waals surface area contributed by atoms with Crippen LogP contribution in [0.25, 0.3) is 0 Å². The highest BCUT2D eigenvalue weighted by Gasteiger charge is 2.00. The molecule has 3 N–H and O–H groups in total. The van der Waals surface area contributed by atoms with Gasteiger partial charge in [-0.05, 0) is 37.6 Å². The average molecular weight is 181 g/mol. The lowest BCUT2D eigenvalue weighted by atomic mass is 10.2. The van der Waals surface area contributed by atoms with E-state index in [1.807, 2.05) is 13.0 Å². The van der Waals surface area contributed by atoms with E-state index in [4.69, 9.17) is 10.5 Å². The molecule has 0 unspecified atom stereocenters. The number of hydrogen-bond acceptors (Lipinski definition) is 3. The zero-order valence-corrected chi connectivity index (χ0v) is 7.79. The van der Waals surface area contributed by atoms with E-state index >= 15 is 0 Å². The van der Waals surface area contributed by atoms with Crippen molar-refractivity contribution in [2.24, 2.45) is 5.73 Å². The summed E-state index contributed by atoms with van der Waals surface area (Å²) in [6, 6.07) is 5.34. The zero-order chi connectivity index (χ0) is 9.68. The lowest BCUT2D eigenvalue weighted by Gasteiger charge is -2.07. The molecule has 3 heteroatoms. The van der Waals surface area contributed by atoms with Gasteiger partial charge in [0.05, 0.1) is 6.61 Å². The normalized spacial score (nSPS) is 10.0. The number of hydrogen-bond donors (Lipinski definition) is 2. The van der Waals surface area contributed by atoms with Gasteiger partial charge in [-0.3, -0.25) is 0 Å². The summed E-state index contributed by atoms with van der Waals surface area (Å²) in [4.78, 5) is 0. The van der Waals surface area contributed by atoms with E-state index in [0.29, 0.717) is 18.9 Å². The summed E-state index contributed by atoms with van der Waals surface area (Å²) < 4.78 is 5.30. The molecule has 0 radical (unpaired) electrons. The molecule has 0 bridgehead atoms. The summed E-state index contributed by atoms with van der Waals surface area (Å²) in [6.45, 7) is 3.07. The molecule has 0 atom stereocenters. The summed E-state index contributed by atoms with van der Waals surface area (Å²) in [5, 5.41) is 9.43. The molecule has 0 aliphatic heterocycles. The maximum atomic E-state index is 9.43. The number of phenols is 1. The molecule has 0 saturated carbocycles. The average Bonchev–Trinajstić information content (AvgIpc) is 2.09. The third-order valence-electron chi connectivity index (χ3n) is 1.72. The van der Waals surface area contributed by atoms with Crippen LogP contribution in [-0.4, -0.2) is 18.3 Å². The molecule has 0 aromatic heterocycles. The Hall–Kier alpha value is -1.22. The van der Waals surface area contributed by atoms with Gasteiger partial charge in [0.15, 0.2) is 11.5 Å². The molecule has 13 heavy (non-hydrogen) atoms. The highest BCUT2D eigenvalue weighted by molar-refractivity contribution is 5.41. The number of ether oxygens (including phenoxy) is 1. The number of nitrogens with two attached hydrogens (primary N) is 1. The molecule has 1 aromatic rings. The van der Waals surface area contributed by atoms with Gasteiger partial charge >= 0.3 is 0 Å². The minimum atomic E-state index is 0.192. The predicted molar refractivity (Wildman–Crippen MR) is 52.0 cm³/mol. The number of benzene rings is 1. The van der Waals surface area contributed by atoms with Crippen LogP contribution in [0.3, 0.4) is 0 Å². The van der Waals surface area contributed by atoms with Gasteiger partial charge in [-0.1, -0.05) is 6.07 Å². The van der Waals surface area contributed by atoms with Gasteiger partial charge in [-0.15, -0.1) is 0 Å². The highest BCUT2D eigenvalue weighted by atomic mass is 16.5. The predicted octanol–water partition coefficient (Wildman–Crippen LogP) is 1.43. The second-order valence-electron chi connectivity index (χ2n) is 2.96. The first-order valence-electron chi connectivity index (χ1n) is 4.36. The van der Waals surface area contributed by atoms with Crippen LogP contribution in [0.5, 0.6) is 11.5 Å². The fraction of sp³-hybridized carbons (Fsp3) is 0.400. The van der Waals surface area contributed by atoms with Crippen molar-refractivity contribution in [3.63, 3.8) is 0 Å². The quantitative estimate of drug-likeness (QED) is 0.691. The second-order valence-corrected chi connectivity index (χ2v) is 2.96. The molecular weight excluding hydrogens is 166 g/mol. The van der Waals surface area contributed by atoms with Gasteiger partial charge in [-0.25, -0.2) is 0 Å². The van der Waals surface area contributed by atoms with E-state index in [-0.39, 0.29) is 5.75 Å². The van der Waals surface area contributed by atoms with E-state index in [2.05, 4.69) is 0 Å². The van der Waals surface area contributed by atoms with Crippen LogP contribution in [0.15, 0.2) is 18.2 Å². The Balaban J connectivity index is 2.56. The Morgan fingerprint density at radius 2 is 2.23 bits per heavy atom. The molecule has 1 rings (SSSR count). The van der Waals surface area contributed by atoms with Gasteiger partial charge in [0.25, 0.3) is 0 Å². The molecular formula is C10H15NO2. The number of aromatic hydroxyl groups is 1. The maximum Gasteiger partial charge on any atom is 0.160 e. The molecule has 0 heterocycles. The monoisotopic (exact) mass is 181 g/mol. The molecule has 0 aliphatic rings. The van der Waals surface area contributed by atoms with E-state index in [0.717, 1.165) is 12.0 Å². The number of rotatable bonds is 4. The Morgan fingerprint density at radius 3 is 2.85 bits per heavy atom. The molecule has 1 aromatic carbocycles. The minimum absolute atomic E-state index is 0.192. The molecule has 0 amide bonds. The van der Waals surface area contributed by atoms with Crippen LogP contribution in [-0.2, 0) is 0 Å². The summed E-state index contributed by atoms with van der Waals surface area (Å²) in [6.07, 6.45) is 0.799. The summed E-state index contributed by atoms with van der Waals surface area (Å²) in [5.74, 6) is 0.719. The second kappa shape index (κ2) is 4.72. The van der Waals surface area contributed by atoms with Gasteiger partial charge < -0.3 is 15.6 Å². The van der Waals surface area contributed by atoms with Crippen LogP contribution < -0.4 is 10.5 Å². The Bertz CT molecular complexity index is 274. The van der Waals surface area contributed by atoms with Crippen molar-refractivity contribution in [3.05, 3.63) is 23.8 Å². The maximum absolute atomic E-state index is 9.43. The van der Waals surface area contributed by atoms with Crippen LogP contribution in [0.4, 0.5) is 0 Å². The van der Waals surface area contributed by atoms with Crippen molar-refractivity contribution in [3.8, 4) is 11.5 Å². The lowest BCUT2D eigenvalue weighted by molar-refractivity contribution is 0.296. The van der Waals surface area contributed by atoms with E-state index in [1.54, 1.807) is 12.1 Å². The third-order valence-corrected chi connectivity index (χ3v) is 1.72. The summed E-state index contributed by atoms with van der Waals surface area (Å²) >= 11 is 0. The molecule has 72 valence electrons. The van der Waals surface area contributed by atoms with Gasteiger partial charge in [0.1, 0.15) is 0 Å². The van der Waals surface area contributed by atoms with Crippen molar-refractivity contribution in [2.75, 3.05) is 13.2 Å². The third kappa shape index (κ3) is 2.95. The van der Waals surface area contributed by atoms with Crippen LogP contribution >= 0.6 is 0 Å². The van der Waals surface area contributed by atoms with E-state index in [9.17, 15) is 5.11 Å². The SMILES string of the molecule is Cc1ccc(OCCCN)c(O)c1. The number of phenolic OH excluding ortho intramolecular Hbond substituents is 1. The smallest absolute Gasteiger partial charge is 0.160 e. The van der Waals surface area contributed by atoms with E-state index < -0.39 is 0 Å². The molecule has 0 saturated heterocycles. The molecule has 0 aliphatic carbocycles. The van der Waals surface area contributed by atoms with Gasteiger partial charge in [0, 0.05) is 0 Å². The topological polar surface area (TPSA) is 55.5 Å². The van der Waals surface area contributed by atoms with Crippen LogP contribution in [0, 0.1) is 6.92 Å². The van der Waals surface area contributed by atoms with Crippen LogP contribution in [0.1, 0.15) is 12.0 Å². The Morgan fingerprint density at radius 1 is 1.46 bits per heavy atom. The first-order chi connectivity index (χ1) is 6.24. The number of aryl methyl sites for hydroxylation is 1. The summed E-state index contributed by atoms with van der Waals surface area (Å²) in [7, 11) is 0. The van der Waals surface area contributed by atoms with Gasteiger partial charge in [-0.2, -0.15) is 0 Å². The molecule has 0 fully saturated rings. The first kappa shape index (κ1) is 9.86. The minimum Gasteiger partial charge on any atom is -0.504 e. The van der Waals surface area contributed by atoms with Crippen molar-refractivity contribution in [1.82, 2.24) is 0 Å². The van der Waals surface area contributed by atoms with E-state index in [1.165, 1.54) is 0 Å². The van der Waals surface area contributed by atoms with Crippen molar-refractivity contribution in [2.45, 2.75) is 13.3 Å². The molecule has 3 nitrogen and oxygen atoms in total. The fourth-order valence-electron chi connectivity index (χ4n) is 1.01. The fourth-order valence-corrected chi connectivity index (χ4v) is 1.01. The van der Waals surface area contributed by atoms with Crippen molar-refractivity contribution in [1.29, 1.82) is 0 Å². The summed E-state index contributed by atoms with van der Waals surface area (Å²) in [5.41, 5.74) is 6.33. The Labute approximate surface area is 78.1 Å². The zero-order valence-electron chi connectivity index (χ0n) is 7.79. The molecule has 0 spiro atoms. The van der Waals surface area contributed by atoms with Gasteiger partial charge in [0.2, 0.25) is 0 Å². The first-order valence-corrected chi connectivity index (χ1v) is 4.36. The highest BCUT2D eigenvalue weighted by Crippen LogP contribution is 2.26. The van der Waals surface area contributed by atoms with Crippen molar-refractivity contribution >= 4 is 0 Å². The standard InChI is InChI=1S/C10H15NO2/c1-8-3-4-10(9(12)7-8)13-6-2-5-11/h3-4,7,12H,2,5-6,11H2,1H3. The Kier molecular flexibility index (Phi) is 3.58. The lowest BCUT2D eigenvalue weighted by Crippen LogP contribution is -2.06. The van der Waals surface area contributed by atoms with Crippen molar-refractivity contribution < 1.29 is 9.84 Å². The largest absolute Gasteiger partial charge is 0.504 e. The van der Waals surface area contributed by atoms with Crippen LogP contribution in [0.2, 0.25) is 0 Å².